The predicted octanol–water partition coefficient (Wildman–Crippen LogP) is 3.28. The molecule has 1 saturated carbocycles. The Kier molecular flexibility index (Phi) is 3.19. The van der Waals surface area contributed by atoms with Crippen LogP contribution in [0.1, 0.15) is 31.0 Å². The zero-order valence-corrected chi connectivity index (χ0v) is 12.3. The van der Waals surface area contributed by atoms with Crippen LogP contribution in [0.5, 0.6) is 5.75 Å². The molecule has 1 aromatic heterocycles. The fourth-order valence-corrected chi connectivity index (χ4v) is 2.92. The van der Waals surface area contributed by atoms with E-state index in [1.165, 1.54) is 24.1 Å². The van der Waals surface area contributed by atoms with E-state index in [0.29, 0.717) is 19.3 Å². The standard InChI is InChI=1S/C17H20N2O2/c1-2-21-15-5-3-4-12-16(18-11-6-7-11)13-10-20-9-8-14(13)19-17(12)15/h3-5,11H,2,6-10H2,1H3,(H,18,19). The molecular weight excluding hydrogens is 264 g/mol. The van der Waals surface area contributed by atoms with Crippen molar-refractivity contribution in [3.63, 3.8) is 0 Å². The van der Waals surface area contributed by atoms with Gasteiger partial charge in [-0.1, -0.05) is 12.1 Å². The Morgan fingerprint density at radius 3 is 3.10 bits per heavy atom. The summed E-state index contributed by atoms with van der Waals surface area (Å²) in [5.41, 5.74) is 4.57. The third-order valence-electron chi connectivity index (χ3n) is 4.12. The van der Waals surface area contributed by atoms with Crippen molar-refractivity contribution in [3.8, 4) is 5.75 Å². The quantitative estimate of drug-likeness (QED) is 0.935. The number of nitrogens with one attached hydrogen (secondary N) is 1. The van der Waals surface area contributed by atoms with E-state index < -0.39 is 0 Å². The molecule has 1 aliphatic carbocycles. The molecule has 0 radical (unpaired) electrons. The van der Waals surface area contributed by atoms with Gasteiger partial charge in [0.25, 0.3) is 0 Å². The third kappa shape index (κ3) is 2.33. The maximum atomic E-state index is 5.76. The van der Waals surface area contributed by atoms with Gasteiger partial charge in [0.2, 0.25) is 0 Å². The van der Waals surface area contributed by atoms with E-state index in [1.54, 1.807) is 0 Å². The van der Waals surface area contributed by atoms with Gasteiger partial charge in [-0.25, -0.2) is 4.98 Å². The molecule has 0 bridgehead atoms. The van der Waals surface area contributed by atoms with Crippen molar-refractivity contribution in [2.24, 2.45) is 0 Å². The summed E-state index contributed by atoms with van der Waals surface area (Å²) < 4.78 is 11.4. The first-order valence-corrected chi connectivity index (χ1v) is 7.78. The molecule has 2 heterocycles. The van der Waals surface area contributed by atoms with Gasteiger partial charge in [-0.05, 0) is 25.8 Å². The zero-order chi connectivity index (χ0) is 14.2. The Balaban J connectivity index is 1.93. The largest absolute Gasteiger partial charge is 0.492 e. The molecule has 0 saturated heterocycles. The maximum Gasteiger partial charge on any atom is 0.145 e. The number of aromatic nitrogens is 1. The van der Waals surface area contributed by atoms with Crippen LogP contribution in [0.3, 0.4) is 0 Å². The molecule has 1 N–H and O–H groups in total. The highest BCUT2D eigenvalue weighted by Crippen LogP contribution is 2.38. The first kappa shape index (κ1) is 12.9. The van der Waals surface area contributed by atoms with Gasteiger partial charge >= 0.3 is 0 Å². The number of hydrogen-bond acceptors (Lipinski definition) is 4. The second kappa shape index (κ2) is 5.19. The van der Waals surface area contributed by atoms with Crippen LogP contribution in [-0.2, 0) is 17.8 Å². The van der Waals surface area contributed by atoms with Crippen molar-refractivity contribution in [2.75, 3.05) is 18.5 Å². The van der Waals surface area contributed by atoms with Crippen molar-refractivity contribution in [2.45, 2.75) is 38.8 Å². The van der Waals surface area contributed by atoms with E-state index in [1.807, 2.05) is 19.1 Å². The monoisotopic (exact) mass is 284 g/mol. The van der Waals surface area contributed by atoms with Crippen LogP contribution in [0.25, 0.3) is 10.9 Å². The number of ether oxygens (including phenoxy) is 2. The molecular formula is C17H20N2O2. The highest BCUT2D eigenvalue weighted by Gasteiger charge is 2.26. The number of para-hydroxylation sites is 1. The topological polar surface area (TPSA) is 43.4 Å². The molecule has 4 rings (SSSR count). The van der Waals surface area contributed by atoms with Gasteiger partial charge in [0.05, 0.1) is 31.2 Å². The molecule has 2 aromatic rings. The summed E-state index contributed by atoms with van der Waals surface area (Å²) in [5, 5.41) is 4.83. The Bertz CT molecular complexity index is 680. The minimum atomic E-state index is 0.609. The van der Waals surface area contributed by atoms with Gasteiger partial charge in [-0.3, -0.25) is 0 Å². The summed E-state index contributed by atoms with van der Waals surface area (Å²) >= 11 is 0. The van der Waals surface area contributed by atoms with Crippen molar-refractivity contribution >= 4 is 16.6 Å². The van der Waals surface area contributed by atoms with Gasteiger partial charge in [0.15, 0.2) is 0 Å². The van der Waals surface area contributed by atoms with E-state index in [0.717, 1.165) is 35.4 Å². The minimum Gasteiger partial charge on any atom is -0.492 e. The Labute approximate surface area is 124 Å². The number of rotatable bonds is 4. The molecule has 21 heavy (non-hydrogen) atoms. The van der Waals surface area contributed by atoms with Crippen molar-refractivity contribution in [1.82, 2.24) is 4.98 Å². The predicted molar refractivity (Wildman–Crippen MR) is 82.9 cm³/mol. The molecule has 110 valence electrons. The molecule has 4 nitrogen and oxygen atoms in total. The Hall–Kier alpha value is -1.81. The number of hydrogen-bond donors (Lipinski definition) is 1. The van der Waals surface area contributed by atoms with E-state index in [4.69, 9.17) is 14.5 Å². The number of benzene rings is 1. The molecule has 0 unspecified atom stereocenters. The van der Waals surface area contributed by atoms with Crippen LogP contribution in [-0.4, -0.2) is 24.2 Å². The van der Waals surface area contributed by atoms with E-state index in [9.17, 15) is 0 Å². The third-order valence-corrected chi connectivity index (χ3v) is 4.12. The lowest BCUT2D eigenvalue weighted by Gasteiger charge is -2.22. The minimum absolute atomic E-state index is 0.609. The summed E-state index contributed by atoms with van der Waals surface area (Å²) in [5.74, 6) is 0.878. The van der Waals surface area contributed by atoms with Crippen LogP contribution in [0.2, 0.25) is 0 Å². The SMILES string of the molecule is CCOc1cccc2c(NC3CC3)c3c(nc12)CCOC3. The summed E-state index contributed by atoms with van der Waals surface area (Å²) in [6.07, 6.45) is 3.39. The Morgan fingerprint density at radius 1 is 1.38 bits per heavy atom. The van der Waals surface area contributed by atoms with Crippen LogP contribution in [0.4, 0.5) is 5.69 Å². The van der Waals surface area contributed by atoms with Crippen LogP contribution >= 0.6 is 0 Å². The summed E-state index contributed by atoms with van der Waals surface area (Å²) in [7, 11) is 0. The molecule has 1 fully saturated rings. The Morgan fingerprint density at radius 2 is 2.29 bits per heavy atom. The normalized spacial score (nSPS) is 17.6. The van der Waals surface area contributed by atoms with Crippen molar-refractivity contribution in [3.05, 3.63) is 29.5 Å². The molecule has 1 aliphatic heterocycles. The van der Waals surface area contributed by atoms with Gasteiger partial charge in [0.1, 0.15) is 11.3 Å². The molecule has 0 amide bonds. The molecule has 2 aliphatic rings. The first-order valence-electron chi connectivity index (χ1n) is 7.78. The van der Waals surface area contributed by atoms with Crippen molar-refractivity contribution < 1.29 is 9.47 Å². The summed E-state index contributed by atoms with van der Waals surface area (Å²) in [6, 6.07) is 6.79. The maximum absolute atomic E-state index is 5.76. The molecule has 0 spiro atoms. The van der Waals surface area contributed by atoms with Crippen LogP contribution < -0.4 is 10.1 Å². The van der Waals surface area contributed by atoms with Gasteiger partial charge < -0.3 is 14.8 Å². The van der Waals surface area contributed by atoms with E-state index in [2.05, 4.69) is 11.4 Å². The second-order valence-electron chi connectivity index (χ2n) is 5.72. The smallest absolute Gasteiger partial charge is 0.145 e. The molecule has 0 atom stereocenters. The zero-order valence-electron chi connectivity index (χ0n) is 12.3. The number of fused-ring (bicyclic) bond motifs is 2. The lowest BCUT2D eigenvalue weighted by Crippen LogP contribution is -2.16. The van der Waals surface area contributed by atoms with E-state index in [-0.39, 0.29) is 0 Å². The lowest BCUT2D eigenvalue weighted by atomic mass is 10.0. The highest BCUT2D eigenvalue weighted by atomic mass is 16.5. The van der Waals surface area contributed by atoms with E-state index >= 15 is 0 Å². The van der Waals surface area contributed by atoms with Gasteiger partial charge in [-0.2, -0.15) is 0 Å². The van der Waals surface area contributed by atoms with Gasteiger partial charge in [0, 0.05) is 23.4 Å². The lowest BCUT2D eigenvalue weighted by molar-refractivity contribution is 0.110. The second-order valence-corrected chi connectivity index (χ2v) is 5.72. The average molecular weight is 284 g/mol. The fraction of sp³-hybridized carbons (Fsp3) is 0.471. The molecule has 1 aromatic carbocycles. The number of pyridine rings is 1. The van der Waals surface area contributed by atoms with Crippen molar-refractivity contribution in [1.29, 1.82) is 0 Å². The first-order chi connectivity index (χ1) is 10.4. The van der Waals surface area contributed by atoms with Crippen LogP contribution in [0, 0.1) is 0 Å². The van der Waals surface area contributed by atoms with Gasteiger partial charge in [-0.15, -0.1) is 0 Å². The highest BCUT2D eigenvalue weighted by molar-refractivity contribution is 5.97. The fourth-order valence-electron chi connectivity index (χ4n) is 2.92. The number of nitrogens with zero attached hydrogens (tertiary/aromatic N) is 1. The molecule has 4 heteroatoms. The van der Waals surface area contributed by atoms with Crippen LogP contribution in [0.15, 0.2) is 18.2 Å². The average Bonchev–Trinajstić information content (AvgIpc) is 3.32. The summed E-state index contributed by atoms with van der Waals surface area (Å²) in [6.45, 7) is 4.08. The number of anilines is 1. The summed E-state index contributed by atoms with van der Waals surface area (Å²) in [4.78, 5) is 4.88.